The van der Waals surface area contributed by atoms with Crippen molar-refractivity contribution < 1.29 is 9.59 Å². The average Bonchev–Trinajstić information content (AvgIpc) is 2.96. The highest BCUT2D eigenvalue weighted by atomic mass is 35.5. The number of thioether (sulfide) groups is 1. The van der Waals surface area contributed by atoms with Gasteiger partial charge < -0.3 is 9.88 Å². The molecular formula is C17H21ClN4O2S. The van der Waals surface area contributed by atoms with Crippen LogP contribution in [0.15, 0.2) is 23.4 Å². The monoisotopic (exact) mass is 380 g/mol. The number of urea groups is 1. The van der Waals surface area contributed by atoms with Gasteiger partial charge in [-0.05, 0) is 38.5 Å². The van der Waals surface area contributed by atoms with Crippen LogP contribution < -0.4 is 5.32 Å². The molecule has 1 aromatic carbocycles. The molecule has 2 aromatic rings. The van der Waals surface area contributed by atoms with E-state index in [9.17, 15) is 9.59 Å². The van der Waals surface area contributed by atoms with Crippen molar-refractivity contribution in [2.75, 3.05) is 12.3 Å². The van der Waals surface area contributed by atoms with Gasteiger partial charge in [0.25, 0.3) is 5.91 Å². The second kappa shape index (κ2) is 6.88. The SMILES string of the molecule is CCCn1c(SCCN2C(=O)NC(C)(C)C2=O)nc2cc(Cl)ccc21. The first-order valence-corrected chi connectivity index (χ1v) is 9.62. The van der Waals surface area contributed by atoms with Crippen molar-refractivity contribution in [3.63, 3.8) is 0 Å². The summed E-state index contributed by atoms with van der Waals surface area (Å²) in [5.41, 5.74) is 1.08. The van der Waals surface area contributed by atoms with Crippen LogP contribution in [-0.2, 0) is 11.3 Å². The third-order valence-corrected chi connectivity index (χ3v) is 5.30. The normalized spacial score (nSPS) is 16.7. The molecule has 3 rings (SSSR count). The van der Waals surface area contributed by atoms with Gasteiger partial charge in [0.1, 0.15) is 5.54 Å². The van der Waals surface area contributed by atoms with Crippen molar-refractivity contribution in [3.05, 3.63) is 23.2 Å². The maximum Gasteiger partial charge on any atom is 0.325 e. The minimum absolute atomic E-state index is 0.188. The van der Waals surface area contributed by atoms with Gasteiger partial charge in [0.2, 0.25) is 0 Å². The second-order valence-electron chi connectivity index (χ2n) is 6.54. The van der Waals surface area contributed by atoms with Crippen LogP contribution in [0.25, 0.3) is 11.0 Å². The van der Waals surface area contributed by atoms with E-state index < -0.39 is 5.54 Å². The van der Waals surface area contributed by atoms with Crippen LogP contribution in [0.4, 0.5) is 4.79 Å². The molecule has 6 nitrogen and oxygen atoms in total. The van der Waals surface area contributed by atoms with Crippen LogP contribution in [0.2, 0.25) is 5.02 Å². The Balaban J connectivity index is 1.74. The number of nitrogens with one attached hydrogen (secondary N) is 1. The number of nitrogens with zero attached hydrogens (tertiary/aromatic N) is 3. The smallest absolute Gasteiger partial charge is 0.324 e. The number of benzene rings is 1. The molecule has 1 fully saturated rings. The van der Waals surface area contributed by atoms with Crippen molar-refractivity contribution in [2.24, 2.45) is 0 Å². The first-order chi connectivity index (χ1) is 11.8. The third kappa shape index (κ3) is 3.48. The Kier molecular flexibility index (Phi) is 4.97. The summed E-state index contributed by atoms with van der Waals surface area (Å²) in [5.74, 6) is 0.405. The van der Waals surface area contributed by atoms with Crippen molar-refractivity contribution in [3.8, 4) is 0 Å². The number of carbonyl (C=O) groups excluding carboxylic acids is 2. The topological polar surface area (TPSA) is 67.2 Å². The Bertz CT molecular complexity index is 833. The van der Waals surface area contributed by atoms with Crippen molar-refractivity contribution in [1.29, 1.82) is 0 Å². The minimum atomic E-state index is -0.826. The minimum Gasteiger partial charge on any atom is -0.324 e. The molecule has 2 heterocycles. The number of imide groups is 1. The predicted octanol–water partition coefficient (Wildman–Crippen LogP) is 3.52. The highest BCUT2D eigenvalue weighted by Crippen LogP contribution is 2.27. The lowest BCUT2D eigenvalue weighted by molar-refractivity contribution is -0.130. The van der Waals surface area contributed by atoms with Crippen LogP contribution in [0.1, 0.15) is 27.2 Å². The zero-order chi connectivity index (χ0) is 18.2. The molecule has 1 aromatic heterocycles. The summed E-state index contributed by atoms with van der Waals surface area (Å²) in [7, 11) is 0. The van der Waals surface area contributed by atoms with Crippen LogP contribution in [-0.4, -0.2) is 44.2 Å². The van der Waals surface area contributed by atoms with Gasteiger partial charge in [0, 0.05) is 23.9 Å². The number of aryl methyl sites for hydroxylation is 1. The van der Waals surface area contributed by atoms with E-state index in [1.807, 2.05) is 18.2 Å². The van der Waals surface area contributed by atoms with Crippen LogP contribution in [0, 0.1) is 0 Å². The molecule has 8 heteroatoms. The van der Waals surface area contributed by atoms with E-state index in [4.69, 9.17) is 11.6 Å². The molecule has 0 unspecified atom stereocenters. The molecule has 1 aliphatic rings. The molecule has 0 atom stereocenters. The summed E-state index contributed by atoms with van der Waals surface area (Å²) < 4.78 is 2.16. The molecule has 0 aliphatic carbocycles. The number of imidazole rings is 1. The van der Waals surface area contributed by atoms with Crippen molar-refractivity contribution >= 4 is 46.3 Å². The zero-order valence-corrected chi connectivity index (χ0v) is 16.1. The van der Waals surface area contributed by atoms with Gasteiger partial charge in [-0.2, -0.15) is 0 Å². The molecule has 3 amide bonds. The van der Waals surface area contributed by atoms with Gasteiger partial charge in [0.15, 0.2) is 5.16 Å². The van der Waals surface area contributed by atoms with Gasteiger partial charge >= 0.3 is 6.03 Å². The summed E-state index contributed by atoms with van der Waals surface area (Å²) in [6.45, 7) is 6.76. The average molecular weight is 381 g/mol. The molecule has 0 radical (unpaired) electrons. The van der Waals surface area contributed by atoms with E-state index in [0.717, 1.165) is 29.2 Å². The Morgan fingerprint density at radius 3 is 2.68 bits per heavy atom. The van der Waals surface area contributed by atoms with Gasteiger partial charge in [-0.15, -0.1) is 0 Å². The summed E-state index contributed by atoms with van der Waals surface area (Å²) in [6.07, 6.45) is 0.989. The van der Waals surface area contributed by atoms with Crippen molar-refractivity contribution in [1.82, 2.24) is 19.8 Å². The van der Waals surface area contributed by atoms with E-state index in [0.29, 0.717) is 17.3 Å². The maximum absolute atomic E-state index is 12.2. The fourth-order valence-electron chi connectivity index (χ4n) is 2.88. The lowest BCUT2D eigenvalue weighted by Gasteiger charge is -2.15. The summed E-state index contributed by atoms with van der Waals surface area (Å²) in [4.78, 5) is 30.1. The van der Waals surface area contributed by atoms with E-state index in [1.54, 1.807) is 25.6 Å². The quantitative estimate of drug-likeness (QED) is 0.615. The number of hydrogen-bond acceptors (Lipinski definition) is 4. The summed E-state index contributed by atoms with van der Waals surface area (Å²) in [5, 5.41) is 4.23. The molecule has 1 saturated heterocycles. The Hall–Kier alpha value is -1.73. The standard InChI is InChI=1S/C17H21ClN4O2S/c1-4-7-21-13-6-5-11(18)10-12(13)19-16(21)25-9-8-22-14(23)17(2,3)20-15(22)24/h5-6,10H,4,7-9H2,1-3H3,(H,20,24). The van der Waals surface area contributed by atoms with Gasteiger partial charge in [-0.3, -0.25) is 9.69 Å². The molecule has 0 saturated carbocycles. The summed E-state index contributed by atoms with van der Waals surface area (Å²) >= 11 is 7.61. The van der Waals surface area contributed by atoms with Crippen LogP contribution in [0.3, 0.4) is 0 Å². The highest BCUT2D eigenvalue weighted by molar-refractivity contribution is 7.99. The number of hydrogen-bond donors (Lipinski definition) is 1. The van der Waals surface area contributed by atoms with E-state index >= 15 is 0 Å². The largest absolute Gasteiger partial charge is 0.325 e. The lowest BCUT2D eigenvalue weighted by Crippen LogP contribution is -2.40. The number of amides is 3. The van der Waals surface area contributed by atoms with E-state index in [-0.39, 0.29) is 11.9 Å². The molecule has 25 heavy (non-hydrogen) atoms. The molecular weight excluding hydrogens is 360 g/mol. The number of rotatable bonds is 6. The fourth-order valence-corrected chi connectivity index (χ4v) is 4.01. The van der Waals surface area contributed by atoms with Crippen LogP contribution in [0.5, 0.6) is 0 Å². The Labute approximate surface area is 155 Å². The Morgan fingerprint density at radius 2 is 2.04 bits per heavy atom. The number of carbonyl (C=O) groups is 2. The van der Waals surface area contributed by atoms with E-state index in [2.05, 4.69) is 21.8 Å². The molecule has 1 N–H and O–H groups in total. The summed E-state index contributed by atoms with van der Waals surface area (Å²) in [6, 6.07) is 5.36. The number of aromatic nitrogens is 2. The molecule has 1 aliphatic heterocycles. The molecule has 0 bridgehead atoms. The first kappa shape index (κ1) is 18.1. The van der Waals surface area contributed by atoms with Gasteiger partial charge in [0.05, 0.1) is 11.0 Å². The number of halogens is 1. The Morgan fingerprint density at radius 1 is 1.28 bits per heavy atom. The lowest BCUT2D eigenvalue weighted by atomic mass is 10.1. The highest BCUT2D eigenvalue weighted by Gasteiger charge is 2.43. The van der Waals surface area contributed by atoms with Crippen LogP contribution >= 0.6 is 23.4 Å². The maximum atomic E-state index is 12.2. The molecule has 0 spiro atoms. The van der Waals surface area contributed by atoms with E-state index in [1.165, 1.54) is 4.90 Å². The van der Waals surface area contributed by atoms with Gasteiger partial charge in [-0.25, -0.2) is 9.78 Å². The zero-order valence-electron chi connectivity index (χ0n) is 14.5. The fraction of sp³-hybridized carbons (Fsp3) is 0.471. The predicted molar refractivity (Wildman–Crippen MR) is 100 cm³/mol. The first-order valence-electron chi connectivity index (χ1n) is 8.26. The van der Waals surface area contributed by atoms with Gasteiger partial charge in [-0.1, -0.05) is 30.3 Å². The number of fused-ring (bicyclic) bond motifs is 1. The molecule has 134 valence electrons. The van der Waals surface area contributed by atoms with Crippen molar-refractivity contribution in [2.45, 2.75) is 44.4 Å². The second-order valence-corrected chi connectivity index (χ2v) is 8.04. The third-order valence-electron chi connectivity index (χ3n) is 4.11.